The third-order valence-electron chi connectivity index (χ3n) is 3.77. The van der Waals surface area contributed by atoms with Crippen molar-refractivity contribution in [3.8, 4) is 0 Å². The molecule has 0 heterocycles. The molecule has 106 valence electrons. The first-order valence-electron chi connectivity index (χ1n) is 7.02. The van der Waals surface area contributed by atoms with Crippen molar-refractivity contribution in [3.05, 3.63) is 0 Å². The molecule has 0 saturated heterocycles. The van der Waals surface area contributed by atoms with Crippen LogP contribution >= 0.6 is 0 Å². The van der Waals surface area contributed by atoms with Gasteiger partial charge in [-0.1, -0.05) is 13.8 Å². The molecule has 1 fully saturated rings. The van der Waals surface area contributed by atoms with E-state index in [0.717, 1.165) is 32.1 Å². The number of hydrogen-bond acceptors (Lipinski definition) is 3. The number of aliphatic carboxylic acids is 1. The van der Waals surface area contributed by atoms with Crippen LogP contribution in [0.1, 0.15) is 46.0 Å². The maximum Gasteiger partial charge on any atom is 0.307 e. The second kappa shape index (κ2) is 7.74. The predicted molar refractivity (Wildman–Crippen MR) is 71.6 cm³/mol. The molecule has 4 nitrogen and oxygen atoms in total. The van der Waals surface area contributed by atoms with Gasteiger partial charge in [-0.25, -0.2) is 0 Å². The van der Waals surface area contributed by atoms with Crippen molar-refractivity contribution in [2.24, 2.45) is 11.8 Å². The van der Waals surface area contributed by atoms with Gasteiger partial charge in [0.2, 0.25) is 0 Å². The summed E-state index contributed by atoms with van der Waals surface area (Å²) in [5.41, 5.74) is 0. The van der Waals surface area contributed by atoms with Gasteiger partial charge in [-0.2, -0.15) is 0 Å². The molecular weight excluding hydrogens is 230 g/mol. The molecule has 1 aliphatic carbocycles. The number of hydrogen-bond donors (Lipinski definition) is 2. The van der Waals surface area contributed by atoms with Gasteiger partial charge in [0.15, 0.2) is 0 Å². The number of ether oxygens (including phenoxy) is 1. The number of nitrogens with one attached hydrogen (secondary N) is 1. The van der Waals surface area contributed by atoms with Crippen LogP contribution in [0.4, 0.5) is 0 Å². The fourth-order valence-corrected chi connectivity index (χ4v) is 2.65. The van der Waals surface area contributed by atoms with E-state index >= 15 is 0 Å². The van der Waals surface area contributed by atoms with Crippen molar-refractivity contribution < 1.29 is 14.6 Å². The molecule has 0 spiro atoms. The Morgan fingerprint density at radius 3 is 2.39 bits per heavy atom. The van der Waals surface area contributed by atoms with Crippen LogP contribution in [0.25, 0.3) is 0 Å². The lowest BCUT2D eigenvalue weighted by Gasteiger charge is -2.29. The third-order valence-corrected chi connectivity index (χ3v) is 3.77. The molecule has 0 aliphatic heterocycles. The van der Waals surface area contributed by atoms with E-state index in [1.807, 2.05) is 0 Å². The lowest BCUT2D eigenvalue weighted by molar-refractivity contribution is -0.142. The standard InChI is InChI=1S/C14H27NO3/c1-10(2)8-11(14(16)17)9-15-12-4-6-13(18-3)7-5-12/h10-13,15H,4-9H2,1-3H3,(H,16,17). The first-order chi connectivity index (χ1) is 8.52. The summed E-state index contributed by atoms with van der Waals surface area (Å²) >= 11 is 0. The molecule has 0 radical (unpaired) electrons. The number of carboxylic acids is 1. The number of carboxylic acid groups (broad SMARTS) is 1. The van der Waals surface area contributed by atoms with E-state index in [9.17, 15) is 9.90 Å². The van der Waals surface area contributed by atoms with Crippen LogP contribution in [0.5, 0.6) is 0 Å². The first-order valence-corrected chi connectivity index (χ1v) is 7.02. The van der Waals surface area contributed by atoms with Crippen molar-refractivity contribution in [2.75, 3.05) is 13.7 Å². The Kier molecular flexibility index (Phi) is 6.65. The van der Waals surface area contributed by atoms with E-state index in [4.69, 9.17) is 4.74 Å². The Morgan fingerprint density at radius 1 is 1.33 bits per heavy atom. The Bertz CT molecular complexity index is 247. The largest absolute Gasteiger partial charge is 0.481 e. The van der Waals surface area contributed by atoms with Crippen molar-refractivity contribution in [1.29, 1.82) is 0 Å². The van der Waals surface area contributed by atoms with Gasteiger partial charge in [-0.15, -0.1) is 0 Å². The van der Waals surface area contributed by atoms with Crippen LogP contribution in [-0.4, -0.2) is 36.9 Å². The zero-order valence-corrected chi connectivity index (χ0v) is 11.8. The summed E-state index contributed by atoms with van der Waals surface area (Å²) in [6, 6.07) is 0.463. The molecule has 4 heteroatoms. The molecule has 0 aromatic rings. The molecule has 0 aromatic carbocycles. The van der Waals surface area contributed by atoms with E-state index in [1.54, 1.807) is 7.11 Å². The first kappa shape index (κ1) is 15.4. The lowest BCUT2D eigenvalue weighted by Crippen LogP contribution is -2.39. The van der Waals surface area contributed by atoms with Gasteiger partial charge < -0.3 is 15.2 Å². The minimum atomic E-state index is -0.679. The maximum atomic E-state index is 11.1. The Morgan fingerprint density at radius 2 is 1.94 bits per heavy atom. The summed E-state index contributed by atoms with van der Waals surface area (Å²) in [4.78, 5) is 11.1. The normalized spacial score (nSPS) is 26.2. The maximum absolute atomic E-state index is 11.1. The number of methoxy groups -OCH3 is 1. The second-order valence-corrected chi connectivity index (χ2v) is 5.78. The smallest absolute Gasteiger partial charge is 0.307 e. The summed E-state index contributed by atoms with van der Waals surface area (Å²) < 4.78 is 5.33. The van der Waals surface area contributed by atoms with Crippen LogP contribution < -0.4 is 5.32 Å². The van der Waals surface area contributed by atoms with Gasteiger partial charge in [0.1, 0.15) is 0 Å². The predicted octanol–water partition coefficient (Wildman–Crippen LogP) is 2.28. The van der Waals surface area contributed by atoms with E-state index in [-0.39, 0.29) is 5.92 Å². The van der Waals surface area contributed by atoms with Crippen LogP contribution in [0, 0.1) is 11.8 Å². The van der Waals surface area contributed by atoms with E-state index in [2.05, 4.69) is 19.2 Å². The van der Waals surface area contributed by atoms with Crippen molar-refractivity contribution in [1.82, 2.24) is 5.32 Å². The summed E-state index contributed by atoms with van der Waals surface area (Å²) in [6.45, 7) is 4.73. The van der Waals surface area contributed by atoms with E-state index < -0.39 is 5.97 Å². The fourth-order valence-electron chi connectivity index (χ4n) is 2.65. The average Bonchev–Trinajstić information content (AvgIpc) is 2.34. The van der Waals surface area contributed by atoms with Crippen LogP contribution in [0.2, 0.25) is 0 Å². The van der Waals surface area contributed by atoms with Gasteiger partial charge in [0.05, 0.1) is 12.0 Å². The average molecular weight is 257 g/mol. The topological polar surface area (TPSA) is 58.6 Å². The molecule has 1 rings (SSSR count). The monoisotopic (exact) mass is 257 g/mol. The molecule has 18 heavy (non-hydrogen) atoms. The second-order valence-electron chi connectivity index (χ2n) is 5.78. The molecule has 0 aromatic heterocycles. The summed E-state index contributed by atoms with van der Waals surface area (Å²) in [5.74, 6) is -0.510. The zero-order valence-electron chi connectivity index (χ0n) is 11.8. The molecule has 0 amide bonds. The number of rotatable bonds is 7. The number of carbonyl (C=O) groups is 1. The van der Waals surface area contributed by atoms with Crippen LogP contribution in [0.3, 0.4) is 0 Å². The molecular formula is C14H27NO3. The molecule has 1 atom stereocenters. The van der Waals surface area contributed by atoms with Crippen molar-refractivity contribution in [3.63, 3.8) is 0 Å². The highest BCUT2D eigenvalue weighted by molar-refractivity contribution is 5.70. The third kappa shape index (κ3) is 5.36. The highest BCUT2D eigenvalue weighted by Crippen LogP contribution is 2.21. The van der Waals surface area contributed by atoms with Crippen LogP contribution in [-0.2, 0) is 9.53 Å². The highest BCUT2D eigenvalue weighted by atomic mass is 16.5. The highest BCUT2D eigenvalue weighted by Gasteiger charge is 2.23. The van der Waals surface area contributed by atoms with E-state index in [0.29, 0.717) is 24.6 Å². The fraction of sp³-hybridized carbons (Fsp3) is 0.929. The molecule has 0 bridgehead atoms. The lowest BCUT2D eigenvalue weighted by atomic mass is 9.91. The minimum Gasteiger partial charge on any atom is -0.481 e. The van der Waals surface area contributed by atoms with Crippen molar-refractivity contribution in [2.45, 2.75) is 58.1 Å². The van der Waals surface area contributed by atoms with Crippen molar-refractivity contribution >= 4 is 5.97 Å². The minimum absolute atomic E-state index is 0.259. The van der Waals surface area contributed by atoms with E-state index in [1.165, 1.54) is 0 Å². The van der Waals surface area contributed by atoms with Gasteiger partial charge >= 0.3 is 5.97 Å². The summed E-state index contributed by atoms with van der Waals surface area (Å²) in [6.07, 6.45) is 5.48. The van der Waals surface area contributed by atoms with Gasteiger partial charge in [0.25, 0.3) is 0 Å². The molecule has 1 aliphatic rings. The summed E-state index contributed by atoms with van der Waals surface area (Å²) in [5, 5.41) is 12.6. The SMILES string of the molecule is COC1CCC(NCC(CC(C)C)C(=O)O)CC1. The Hall–Kier alpha value is -0.610. The van der Waals surface area contributed by atoms with Gasteiger partial charge in [-0.3, -0.25) is 4.79 Å². The summed E-state index contributed by atoms with van der Waals surface area (Å²) in [7, 11) is 1.77. The quantitative estimate of drug-likeness (QED) is 0.734. The molecule has 2 N–H and O–H groups in total. The zero-order chi connectivity index (χ0) is 13.5. The molecule has 1 unspecified atom stereocenters. The van der Waals surface area contributed by atoms with Gasteiger partial charge in [-0.05, 0) is 38.0 Å². The van der Waals surface area contributed by atoms with Crippen LogP contribution in [0.15, 0.2) is 0 Å². The van der Waals surface area contributed by atoms with Gasteiger partial charge in [0, 0.05) is 19.7 Å². The molecule has 1 saturated carbocycles. The Balaban J connectivity index is 2.28. The Labute approximate surface area is 110 Å².